The van der Waals surface area contributed by atoms with E-state index in [-0.39, 0.29) is 11.9 Å². The number of nitrogens with zero attached hydrogens (tertiary/aromatic N) is 3. The molecular weight excluding hydrogens is 404 g/mol. The van der Waals surface area contributed by atoms with Crippen molar-refractivity contribution < 1.29 is 14.3 Å². The maximum absolute atomic E-state index is 13.4. The first-order chi connectivity index (χ1) is 15.6. The highest BCUT2D eigenvalue weighted by Crippen LogP contribution is 2.37. The van der Waals surface area contributed by atoms with Crippen molar-refractivity contribution in [3.05, 3.63) is 102 Å². The maximum atomic E-state index is 13.4. The Bertz CT molecular complexity index is 1190. The third-order valence-corrected chi connectivity index (χ3v) is 5.70. The Morgan fingerprint density at radius 1 is 1.03 bits per heavy atom. The van der Waals surface area contributed by atoms with Crippen LogP contribution in [0.5, 0.6) is 11.5 Å². The molecule has 2 aliphatic heterocycles. The minimum absolute atomic E-state index is 0.0879. The van der Waals surface area contributed by atoms with Crippen molar-refractivity contribution >= 4 is 11.9 Å². The van der Waals surface area contributed by atoms with E-state index in [1.54, 1.807) is 24.3 Å². The van der Waals surface area contributed by atoms with Crippen LogP contribution in [0.25, 0.3) is 0 Å². The molecule has 0 saturated heterocycles. The molecular formula is C25H22N4O3. The van der Waals surface area contributed by atoms with Crippen LogP contribution in [0.15, 0.2) is 90.4 Å². The molecule has 0 aliphatic carbocycles. The van der Waals surface area contributed by atoms with E-state index in [9.17, 15) is 9.59 Å². The Morgan fingerprint density at radius 2 is 1.84 bits per heavy atom. The first-order valence-electron chi connectivity index (χ1n) is 10.4. The fourth-order valence-electron chi connectivity index (χ4n) is 4.10. The number of ether oxygens (including phenoxy) is 1. The van der Waals surface area contributed by atoms with E-state index in [4.69, 9.17) is 4.74 Å². The number of nitrogens with one attached hydrogen (secondary N) is 1. The Morgan fingerprint density at radius 3 is 2.62 bits per heavy atom. The summed E-state index contributed by atoms with van der Waals surface area (Å²) >= 11 is 0. The third-order valence-electron chi connectivity index (χ3n) is 5.70. The van der Waals surface area contributed by atoms with Crippen molar-refractivity contribution in [2.75, 3.05) is 13.6 Å². The molecule has 2 aromatic carbocycles. The summed E-state index contributed by atoms with van der Waals surface area (Å²) in [5.74, 6) is 1.27. The molecule has 3 heterocycles. The van der Waals surface area contributed by atoms with E-state index in [2.05, 4.69) is 10.3 Å². The van der Waals surface area contributed by atoms with Crippen molar-refractivity contribution in [2.24, 2.45) is 0 Å². The van der Waals surface area contributed by atoms with Crippen molar-refractivity contribution in [3.63, 3.8) is 0 Å². The molecule has 1 atom stereocenters. The molecule has 1 aromatic heterocycles. The fourth-order valence-corrected chi connectivity index (χ4v) is 4.10. The molecule has 0 spiro atoms. The largest absolute Gasteiger partial charge is 0.457 e. The van der Waals surface area contributed by atoms with Gasteiger partial charge in [0.1, 0.15) is 11.5 Å². The molecule has 2 aliphatic rings. The smallest absolute Gasteiger partial charge is 0.322 e. The molecule has 5 rings (SSSR count). The Balaban J connectivity index is 1.45. The highest BCUT2D eigenvalue weighted by atomic mass is 16.5. The Hall–Kier alpha value is -4.13. The standard InChI is InChI=1S/C25H22N4O3/c1-28-21-16-29(15-17-7-6-12-26-14-17)24(30)22(21)23(27-25(28)31)18-8-5-11-20(13-18)32-19-9-3-2-4-10-19/h2-14,23H,15-16H2,1H3,(H,27,31). The first kappa shape index (κ1) is 19.8. The van der Waals surface area contributed by atoms with Gasteiger partial charge in [0.25, 0.3) is 5.91 Å². The number of carbonyl (C=O) groups excluding carboxylic acids is 2. The molecule has 0 bridgehead atoms. The molecule has 3 aromatic rings. The second-order valence-corrected chi connectivity index (χ2v) is 7.81. The van der Waals surface area contributed by atoms with E-state index in [1.807, 2.05) is 66.7 Å². The summed E-state index contributed by atoms with van der Waals surface area (Å²) in [5, 5.41) is 2.97. The summed E-state index contributed by atoms with van der Waals surface area (Å²) in [7, 11) is 1.69. The Kier molecular flexibility index (Phi) is 5.07. The molecule has 1 unspecified atom stereocenters. The van der Waals surface area contributed by atoms with E-state index in [0.29, 0.717) is 24.4 Å². The SMILES string of the molecule is CN1C(=O)NC(c2cccc(Oc3ccccc3)c2)C2=C1CN(Cc1cccnc1)C2=O. The molecule has 160 valence electrons. The lowest BCUT2D eigenvalue weighted by atomic mass is 9.95. The number of carbonyl (C=O) groups is 2. The lowest BCUT2D eigenvalue weighted by Crippen LogP contribution is -2.45. The van der Waals surface area contributed by atoms with E-state index < -0.39 is 6.04 Å². The summed E-state index contributed by atoms with van der Waals surface area (Å²) in [4.78, 5) is 33.5. The van der Waals surface area contributed by atoms with Gasteiger partial charge in [-0.1, -0.05) is 36.4 Å². The van der Waals surface area contributed by atoms with E-state index in [0.717, 1.165) is 22.6 Å². The van der Waals surface area contributed by atoms with Gasteiger partial charge < -0.3 is 15.0 Å². The Labute approximate surface area is 185 Å². The number of hydrogen-bond donors (Lipinski definition) is 1. The second-order valence-electron chi connectivity index (χ2n) is 7.81. The van der Waals surface area contributed by atoms with Gasteiger partial charge in [0.05, 0.1) is 23.9 Å². The number of para-hydroxylation sites is 1. The van der Waals surface area contributed by atoms with Crippen molar-refractivity contribution in [3.8, 4) is 11.5 Å². The first-order valence-corrected chi connectivity index (χ1v) is 10.4. The van der Waals surface area contributed by atoms with Crippen molar-refractivity contribution in [1.82, 2.24) is 20.1 Å². The molecule has 0 fully saturated rings. The van der Waals surface area contributed by atoms with Crippen LogP contribution in [0.2, 0.25) is 0 Å². The molecule has 7 nitrogen and oxygen atoms in total. The summed E-state index contributed by atoms with van der Waals surface area (Å²) in [6, 6.07) is 20.0. The van der Waals surface area contributed by atoms with Crippen LogP contribution in [-0.2, 0) is 11.3 Å². The summed E-state index contributed by atoms with van der Waals surface area (Å²) < 4.78 is 5.95. The minimum atomic E-state index is -0.542. The fraction of sp³-hybridized carbons (Fsp3) is 0.160. The quantitative estimate of drug-likeness (QED) is 0.672. The minimum Gasteiger partial charge on any atom is -0.457 e. The zero-order chi connectivity index (χ0) is 22.1. The van der Waals surface area contributed by atoms with Crippen molar-refractivity contribution in [2.45, 2.75) is 12.6 Å². The van der Waals surface area contributed by atoms with Gasteiger partial charge in [0, 0.05) is 26.0 Å². The van der Waals surface area contributed by atoms with Crippen LogP contribution in [0.3, 0.4) is 0 Å². The van der Waals surface area contributed by atoms with Gasteiger partial charge in [-0.3, -0.25) is 14.7 Å². The number of pyridine rings is 1. The lowest BCUT2D eigenvalue weighted by Gasteiger charge is -2.31. The number of urea groups is 1. The molecule has 1 N–H and O–H groups in total. The zero-order valence-electron chi connectivity index (χ0n) is 17.6. The molecule has 0 radical (unpaired) electrons. The number of benzene rings is 2. The number of hydrogen-bond acceptors (Lipinski definition) is 4. The predicted molar refractivity (Wildman–Crippen MR) is 119 cm³/mol. The highest BCUT2D eigenvalue weighted by molar-refractivity contribution is 6.01. The number of amides is 3. The van der Waals surface area contributed by atoms with Gasteiger partial charge in [0.2, 0.25) is 0 Å². The van der Waals surface area contributed by atoms with Crippen LogP contribution in [-0.4, -0.2) is 40.3 Å². The maximum Gasteiger partial charge on any atom is 0.322 e. The van der Waals surface area contributed by atoms with Gasteiger partial charge >= 0.3 is 6.03 Å². The second kappa shape index (κ2) is 8.19. The summed E-state index contributed by atoms with van der Waals surface area (Å²) in [6.45, 7) is 0.815. The van der Waals surface area contributed by atoms with Crippen molar-refractivity contribution in [1.29, 1.82) is 0 Å². The number of likely N-dealkylation sites (N-methyl/N-ethyl adjacent to an activating group) is 1. The summed E-state index contributed by atoms with van der Waals surface area (Å²) in [6.07, 6.45) is 3.45. The lowest BCUT2D eigenvalue weighted by molar-refractivity contribution is -0.126. The normalized spacial score (nSPS) is 18.0. The number of rotatable bonds is 5. The molecule has 3 amide bonds. The van der Waals surface area contributed by atoms with Crippen LogP contribution >= 0.6 is 0 Å². The third kappa shape index (κ3) is 3.69. The number of aromatic nitrogens is 1. The predicted octanol–water partition coefficient (Wildman–Crippen LogP) is 3.87. The van der Waals surface area contributed by atoms with Gasteiger partial charge in [0.15, 0.2) is 0 Å². The highest BCUT2D eigenvalue weighted by Gasteiger charge is 2.42. The van der Waals surface area contributed by atoms with Gasteiger partial charge in [-0.2, -0.15) is 0 Å². The van der Waals surface area contributed by atoms with E-state index in [1.165, 1.54) is 4.90 Å². The average molecular weight is 426 g/mol. The molecule has 32 heavy (non-hydrogen) atoms. The van der Waals surface area contributed by atoms with Crippen LogP contribution in [0, 0.1) is 0 Å². The zero-order valence-corrected chi connectivity index (χ0v) is 17.6. The van der Waals surface area contributed by atoms with E-state index >= 15 is 0 Å². The van der Waals surface area contributed by atoms with Crippen LogP contribution in [0.1, 0.15) is 17.2 Å². The van der Waals surface area contributed by atoms with Crippen LogP contribution in [0.4, 0.5) is 4.79 Å². The molecule has 7 heteroatoms. The average Bonchev–Trinajstić information content (AvgIpc) is 3.14. The monoisotopic (exact) mass is 426 g/mol. The van der Waals surface area contributed by atoms with Gasteiger partial charge in [-0.05, 0) is 41.5 Å². The van der Waals surface area contributed by atoms with Gasteiger partial charge in [-0.25, -0.2) is 4.79 Å². The molecule has 0 saturated carbocycles. The van der Waals surface area contributed by atoms with Crippen LogP contribution < -0.4 is 10.1 Å². The topological polar surface area (TPSA) is 74.8 Å². The summed E-state index contributed by atoms with van der Waals surface area (Å²) in [5.41, 5.74) is 3.05. The van der Waals surface area contributed by atoms with Gasteiger partial charge in [-0.15, -0.1) is 0 Å².